The Bertz CT molecular complexity index is 477. The second-order valence-corrected chi connectivity index (χ2v) is 5.13. The molecule has 0 bridgehead atoms. The van der Waals surface area contributed by atoms with E-state index >= 15 is 0 Å². The van der Waals surface area contributed by atoms with Crippen molar-refractivity contribution in [1.29, 1.82) is 10.5 Å². The fourth-order valence-electron chi connectivity index (χ4n) is 3.10. The van der Waals surface area contributed by atoms with E-state index in [1.54, 1.807) is 0 Å². The number of piperidine rings is 1. The van der Waals surface area contributed by atoms with Crippen molar-refractivity contribution in [2.75, 3.05) is 13.1 Å². The van der Waals surface area contributed by atoms with Gasteiger partial charge in [-0.2, -0.15) is 10.5 Å². The molecule has 2 rings (SSSR count). The lowest BCUT2D eigenvalue weighted by Crippen LogP contribution is -2.41. The average molecular weight is 253 g/mol. The molecule has 0 radical (unpaired) electrons. The minimum absolute atomic E-state index is 0.342. The summed E-state index contributed by atoms with van der Waals surface area (Å²) >= 11 is 0. The van der Waals surface area contributed by atoms with Gasteiger partial charge in [0.1, 0.15) is 0 Å². The number of hydrogen-bond donors (Lipinski definition) is 1. The summed E-state index contributed by atoms with van der Waals surface area (Å²) in [7, 11) is 0. The molecule has 0 aromatic heterocycles. The normalized spacial score (nSPS) is 19.1. The van der Waals surface area contributed by atoms with Crippen LogP contribution in [0, 0.1) is 28.6 Å². The molecular formula is C16H19N3. The van der Waals surface area contributed by atoms with Crippen molar-refractivity contribution in [3.63, 3.8) is 0 Å². The molecule has 1 N–H and O–H groups in total. The molecule has 0 amide bonds. The summed E-state index contributed by atoms with van der Waals surface area (Å²) in [6.07, 6.45) is 3.09. The van der Waals surface area contributed by atoms with Crippen LogP contribution >= 0.6 is 0 Å². The molecule has 1 saturated heterocycles. The Morgan fingerprint density at radius 3 is 2.42 bits per heavy atom. The maximum Gasteiger partial charge on any atom is 0.0861 e. The van der Waals surface area contributed by atoms with Crippen LogP contribution in [-0.4, -0.2) is 13.1 Å². The minimum atomic E-state index is -0.501. The van der Waals surface area contributed by atoms with E-state index in [4.69, 9.17) is 5.26 Å². The Balaban J connectivity index is 2.36. The molecule has 1 heterocycles. The van der Waals surface area contributed by atoms with Crippen molar-refractivity contribution in [2.24, 2.45) is 5.92 Å². The number of nitrogens with zero attached hydrogens (tertiary/aromatic N) is 2. The van der Waals surface area contributed by atoms with Crippen molar-refractivity contribution in [3.8, 4) is 12.1 Å². The highest BCUT2D eigenvalue weighted by atomic mass is 14.9. The average Bonchev–Trinajstić information content (AvgIpc) is 2.51. The first-order chi connectivity index (χ1) is 9.33. The quantitative estimate of drug-likeness (QED) is 0.897. The maximum atomic E-state index is 9.83. The summed E-state index contributed by atoms with van der Waals surface area (Å²) in [5, 5.41) is 22.1. The zero-order chi connectivity index (χ0) is 13.6. The summed E-state index contributed by atoms with van der Waals surface area (Å²) in [5.74, 6) is 0.342. The zero-order valence-corrected chi connectivity index (χ0v) is 11.1. The summed E-state index contributed by atoms with van der Waals surface area (Å²) < 4.78 is 0. The lowest BCUT2D eigenvalue weighted by atomic mass is 9.65. The molecule has 1 aromatic carbocycles. The first-order valence-corrected chi connectivity index (χ1v) is 6.88. The molecule has 3 nitrogen and oxygen atoms in total. The maximum absolute atomic E-state index is 9.83. The van der Waals surface area contributed by atoms with Crippen molar-refractivity contribution >= 4 is 0 Å². The Labute approximate surface area is 114 Å². The van der Waals surface area contributed by atoms with Crippen molar-refractivity contribution < 1.29 is 0 Å². The van der Waals surface area contributed by atoms with Crippen LogP contribution in [-0.2, 0) is 5.41 Å². The fourth-order valence-corrected chi connectivity index (χ4v) is 3.10. The van der Waals surface area contributed by atoms with Gasteiger partial charge in [-0.15, -0.1) is 0 Å². The van der Waals surface area contributed by atoms with Gasteiger partial charge in [0.15, 0.2) is 0 Å². The van der Waals surface area contributed by atoms with Gasteiger partial charge in [-0.3, -0.25) is 0 Å². The standard InChI is InChI=1S/C16H19N3/c17-10-4-9-16(13-18,14-5-2-1-3-6-14)15-7-11-19-12-8-15/h1-3,5-6,15,19H,4,7-9,11-12H2/t16-/m1/s1. The molecule has 1 aromatic rings. The number of benzene rings is 1. The molecule has 98 valence electrons. The Kier molecular flexibility index (Phi) is 4.55. The first-order valence-electron chi connectivity index (χ1n) is 6.88. The smallest absolute Gasteiger partial charge is 0.0861 e. The predicted molar refractivity (Wildman–Crippen MR) is 74.2 cm³/mol. The van der Waals surface area contributed by atoms with E-state index in [0.29, 0.717) is 18.8 Å². The Morgan fingerprint density at radius 1 is 1.16 bits per heavy atom. The zero-order valence-electron chi connectivity index (χ0n) is 11.1. The number of nitrogens with one attached hydrogen (secondary N) is 1. The van der Waals surface area contributed by atoms with E-state index in [-0.39, 0.29) is 0 Å². The van der Waals surface area contributed by atoms with Crippen LogP contribution < -0.4 is 5.32 Å². The monoisotopic (exact) mass is 253 g/mol. The minimum Gasteiger partial charge on any atom is -0.317 e. The van der Waals surface area contributed by atoms with Gasteiger partial charge in [-0.25, -0.2) is 0 Å². The van der Waals surface area contributed by atoms with Gasteiger partial charge >= 0.3 is 0 Å². The van der Waals surface area contributed by atoms with Crippen LogP contribution in [0.2, 0.25) is 0 Å². The molecule has 19 heavy (non-hydrogen) atoms. The number of rotatable bonds is 4. The highest BCUT2D eigenvalue weighted by Gasteiger charge is 2.40. The van der Waals surface area contributed by atoms with Gasteiger partial charge < -0.3 is 5.32 Å². The number of nitriles is 2. The van der Waals surface area contributed by atoms with E-state index in [0.717, 1.165) is 31.5 Å². The van der Waals surface area contributed by atoms with Crippen molar-refractivity contribution in [2.45, 2.75) is 31.1 Å². The van der Waals surface area contributed by atoms with Crippen LogP contribution in [0.15, 0.2) is 30.3 Å². The van der Waals surface area contributed by atoms with E-state index < -0.39 is 5.41 Å². The van der Waals surface area contributed by atoms with Gasteiger partial charge in [0.05, 0.1) is 17.6 Å². The molecule has 0 unspecified atom stereocenters. The lowest BCUT2D eigenvalue weighted by Gasteiger charge is -2.37. The van der Waals surface area contributed by atoms with Gasteiger partial charge in [0, 0.05) is 6.42 Å². The van der Waals surface area contributed by atoms with Gasteiger partial charge in [0.2, 0.25) is 0 Å². The SMILES string of the molecule is N#CCC[C@@](C#N)(c1ccccc1)C1CCNCC1. The predicted octanol–water partition coefficient (Wildman–Crippen LogP) is 2.75. The molecule has 1 atom stereocenters. The topological polar surface area (TPSA) is 59.6 Å². The fraction of sp³-hybridized carbons (Fsp3) is 0.500. The van der Waals surface area contributed by atoms with Crippen LogP contribution in [0.3, 0.4) is 0 Å². The molecule has 0 spiro atoms. The van der Waals surface area contributed by atoms with Crippen LogP contribution in [0.25, 0.3) is 0 Å². The van der Waals surface area contributed by atoms with E-state index in [1.165, 1.54) is 0 Å². The van der Waals surface area contributed by atoms with Gasteiger partial charge in [-0.05, 0) is 43.8 Å². The van der Waals surface area contributed by atoms with E-state index in [1.807, 2.05) is 30.3 Å². The summed E-state index contributed by atoms with van der Waals surface area (Å²) in [6, 6.07) is 14.8. The molecule has 1 fully saturated rings. The first kappa shape index (κ1) is 13.6. The third kappa shape index (κ3) is 2.78. The Hall–Kier alpha value is -1.84. The molecule has 3 heteroatoms. The van der Waals surface area contributed by atoms with Crippen LogP contribution in [0.5, 0.6) is 0 Å². The molecule has 1 aliphatic heterocycles. The van der Waals surface area contributed by atoms with Crippen molar-refractivity contribution in [3.05, 3.63) is 35.9 Å². The molecule has 0 aliphatic carbocycles. The highest BCUT2D eigenvalue weighted by molar-refractivity contribution is 5.34. The van der Waals surface area contributed by atoms with Crippen LogP contribution in [0.1, 0.15) is 31.2 Å². The molecule has 1 aliphatic rings. The highest BCUT2D eigenvalue weighted by Crippen LogP contribution is 2.40. The van der Waals surface area contributed by atoms with Gasteiger partial charge in [-0.1, -0.05) is 30.3 Å². The van der Waals surface area contributed by atoms with E-state index in [9.17, 15) is 5.26 Å². The third-order valence-electron chi connectivity index (χ3n) is 4.16. The Morgan fingerprint density at radius 2 is 1.84 bits per heavy atom. The molecular weight excluding hydrogens is 234 g/mol. The largest absolute Gasteiger partial charge is 0.317 e. The lowest BCUT2D eigenvalue weighted by molar-refractivity contribution is 0.251. The summed E-state index contributed by atoms with van der Waals surface area (Å²) in [4.78, 5) is 0. The third-order valence-corrected chi connectivity index (χ3v) is 4.16. The van der Waals surface area contributed by atoms with Gasteiger partial charge in [0.25, 0.3) is 0 Å². The van der Waals surface area contributed by atoms with Crippen LogP contribution in [0.4, 0.5) is 0 Å². The summed E-state index contributed by atoms with van der Waals surface area (Å²) in [6.45, 7) is 1.93. The second-order valence-electron chi connectivity index (χ2n) is 5.13. The summed E-state index contributed by atoms with van der Waals surface area (Å²) in [5.41, 5.74) is 0.568. The van der Waals surface area contributed by atoms with E-state index in [2.05, 4.69) is 17.5 Å². The number of hydrogen-bond acceptors (Lipinski definition) is 3. The second kappa shape index (κ2) is 6.36. The van der Waals surface area contributed by atoms with Crippen molar-refractivity contribution in [1.82, 2.24) is 5.32 Å². The molecule has 0 saturated carbocycles.